The molecule has 0 aromatic carbocycles. The first-order valence-electron chi connectivity index (χ1n) is 0.943. The van der Waals surface area contributed by atoms with Crippen LogP contribution in [0, 0.1) is 0 Å². The molecule has 7 heteroatoms. The first-order valence-corrected chi connectivity index (χ1v) is 2.83. The van der Waals surface area contributed by atoms with Gasteiger partial charge in [-0.1, -0.05) is 0 Å². The first-order chi connectivity index (χ1) is 2.83. The Kier molecular flexibility index (Phi) is 62.4. The van der Waals surface area contributed by atoms with E-state index < -0.39 is 31.0 Å². The van der Waals surface area contributed by atoms with E-state index in [-0.39, 0.29) is 23.1 Å². The zero-order valence-electron chi connectivity index (χ0n) is 3.49. The van der Waals surface area contributed by atoms with Crippen molar-refractivity contribution in [3.05, 3.63) is 0 Å². The third kappa shape index (κ3) is 167. The Morgan fingerprint density at radius 1 is 1.00 bits per heavy atom. The molecule has 0 amide bonds. The summed E-state index contributed by atoms with van der Waals surface area (Å²) in [5.74, 6) is 0. The van der Waals surface area contributed by atoms with E-state index in [4.69, 9.17) is 15.9 Å². The molecule has 32 valence electrons. The topological polar surface area (TPSA) is 80.3 Å². The Morgan fingerprint density at radius 2 is 1.00 bits per heavy atom. The second-order valence-electron chi connectivity index (χ2n) is 0.192. The molecule has 0 aliphatic carbocycles. The Bertz CT molecular complexity index is 30.7. The fraction of sp³-hybridized carbons (Fsp3) is 0. The first kappa shape index (κ1) is 15.7. The van der Waals surface area contributed by atoms with Gasteiger partial charge in [0.2, 0.25) is 0 Å². The molecule has 0 fully saturated rings. The van der Waals surface area contributed by atoms with Gasteiger partial charge in [0.05, 0.1) is 0 Å². The Balaban J connectivity index is -0.0000000400. The minimum absolute atomic E-state index is 0. The molecule has 0 aliphatic rings. The second-order valence-corrected chi connectivity index (χ2v) is 0.577. The van der Waals surface area contributed by atoms with Gasteiger partial charge >= 0.3 is 70.0 Å². The Labute approximate surface area is 69.6 Å². The molecule has 0 aromatic heterocycles. The van der Waals surface area contributed by atoms with Crippen molar-refractivity contribution < 1.29 is 15.9 Å². The molecule has 0 radical (unpaired) electrons. The molecule has 0 saturated heterocycles. The van der Waals surface area contributed by atoms with Crippen LogP contribution in [-0.4, -0.2) is 54.0 Å². The number of rotatable bonds is 0. The van der Waals surface area contributed by atoms with E-state index in [0.29, 0.717) is 0 Å². The van der Waals surface area contributed by atoms with Crippen LogP contribution in [0.1, 0.15) is 0 Å². The zero-order chi connectivity index (χ0) is 5.41. The summed E-state index contributed by atoms with van der Waals surface area (Å²) in [6.07, 6.45) is 0. The SMILES string of the molecule is [Mg+2].[O]=[Al][O-].[O]=[Al][O-]. The second kappa shape index (κ2) is 27.8. The predicted molar refractivity (Wildman–Crippen MR) is 18.6 cm³/mol. The normalized spacial score (nSPS) is 2.29. The molecule has 0 rings (SSSR count). The van der Waals surface area contributed by atoms with E-state index in [1.165, 1.54) is 0 Å². The summed E-state index contributed by atoms with van der Waals surface area (Å²) in [5, 5.41) is 0. The van der Waals surface area contributed by atoms with Gasteiger partial charge in [-0.25, -0.2) is 0 Å². The van der Waals surface area contributed by atoms with Crippen molar-refractivity contribution in [2.75, 3.05) is 0 Å². The number of hydrogen-bond acceptors (Lipinski definition) is 4. The monoisotopic (exact) mass is 142 g/mol. The van der Waals surface area contributed by atoms with E-state index in [9.17, 15) is 0 Å². The molecule has 4 nitrogen and oxygen atoms in total. The molecule has 0 atom stereocenters. The van der Waals surface area contributed by atoms with E-state index in [0.717, 1.165) is 0 Å². The summed E-state index contributed by atoms with van der Waals surface area (Å²) in [6.45, 7) is 0. The molecule has 0 unspecified atom stereocenters. The summed E-state index contributed by atoms with van der Waals surface area (Å²) in [5.41, 5.74) is 0. The molecule has 0 spiro atoms. The van der Waals surface area contributed by atoms with Crippen molar-refractivity contribution in [3.63, 3.8) is 0 Å². The van der Waals surface area contributed by atoms with Crippen molar-refractivity contribution in [1.29, 1.82) is 0 Å². The molecular formula is Al2MgO4. The van der Waals surface area contributed by atoms with Gasteiger partial charge in [-0.3, -0.25) is 0 Å². The van der Waals surface area contributed by atoms with Crippen molar-refractivity contribution in [2.24, 2.45) is 0 Å². The standard InChI is InChI=1S/2Al.Mg.4O/q;;+2;;;2*-1. The van der Waals surface area contributed by atoms with Crippen molar-refractivity contribution in [2.45, 2.75) is 0 Å². The van der Waals surface area contributed by atoms with Gasteiger partial charge in [0, 0.05) is 0 Å². The Morgan fingerprint density at radius 3 is 1.00 bits per heavy atom. The molecule has 0 aliphatic heterocycles. The van der Waals surface area contributed by atoms with Crippen LogP contribution in [0.15, 0.2) is 0 Å². The van der Waals surface area contributed by atoms with Crippen LogP contribution in [0.25, 0.3) is 0 Å². The van der Waals surface area contributed by atoms with Gasteiger partial charge in [0.1, 0.15) is 0 Å². The quantitative estimate of drug-likeness (QED) is 0.325. The van der Waals surface area contributed by atoms with Crippen LogP contribution in [0.5, 0.6) is 0 Å². The van der Waals surface area contributed by atoms with Crippen molar-refractivity contribution >= 4 is 54.0 Å². The van der Waals surface area contributed by atoms with Crippen LogP contribution >= 0.6 is 0 Å². The van der Waals surface area contributed by atoms with E-state index in [1.54, 1.807) is 0 Å². The van der Waals surface area contributed by atoms with Crippen LogP contribution in [0.2, 0.25) is 0 Å². The fourth-order valence-corrected chi connectivity index (χ4v) is 0. The average Bonchev–Trinajstić information content (AvgIpc) is 1.39. The Hall–Kier alpha value is 1.03. The number of hydrogen-bond donors (Lipinski definition) is 0. The summed E-state index contributed by atoms with van der Waals surface area (Å²) >= 11 is -3.50. The molecular weight excluding hydrogens is 142 g/mol. The predicted octanol–water partition coefficient (Wildman–Crippen LogP) is -3.76. The maximum atomic E-state index is 8.46. The van der Waals surface area contributed by atoms with Crippen molar-refractivity contribution in [3.8, 4) is 0 Å². The summed E-state index contributed by atoms with van der Waals surface area (Å²) < 4.78 is 33.8. The van der Waals surface area contributed by atoms with Gasteiger partial charge in [0.15, 0.2) is 0 Å². The van der Waals surface area contributed by atoms with Crippen LogP contribution in [0.3, 0.4) is 0 Å². The average molecular weight is 142 g/mol. The minimum atomic E-state index is -1.75. The van der Waals surface area contributed by atoms with Crippen LogP contribution < -0.4 is 8.32 Å². The van der Waals surface area contributed by atoms with E-state index >= 15 is 0 Å². The molecule has 0 heterocycles. The zero-order valence-corrected chi connectivity index (χ0v) is 7.22. The van der Waals surface area contributed by atoms with Gasteiger partial charge in [-0.05, 0) is 0 Å². The maximum absolute atomic E-state index is 8.46. The van der Waals surface area contributed by atoms with Crippen molar-refractivity contribution in [1.82, 2.24) is 0 Å². The fourth-order valence-electron chi connectivity index (χ4n) is 0. The van der Waals surface area contributed by atoms with Gasteiger partial charge in [-0.15, -0.1) is 0 Å². The van der Waals surface area contributed by atoms with Gasteiger partial charge < -0.3 is 0 Å². The third-order valence-corrected chi connectivity index (χ3v) is 0. The molecule has 0 N–H and O–H groups in total. The molecule has 0 aromatic rings. The van der Waals surface area contributed by atoms with Crippen LogP contribution in [0.4, 0.5) is 0 Å². The summed E-state index contributed by atoms with van der Waals surface area (Å²) in [7, 11) is 0. The molecule has 0 bridgehead atoms. The molecule has 0 saturated carbocycles. The van der Waals surface area contributed by atoms with E-state index in [2.05, 4.69) is 0 Å². The van der Waals surface area contributed by atoms with Crippen LogP contribution in [-0.2, 0) is 7.61 Å². The summed E-state index contributed by atoms with van der Waals surface area (Å²) in [4.78, 5) is 0. The summed E-state index contributed by atoms with van der Waals surface area (Å²) in [6, 6.07) is 0. The van der Waals surface area contributed by atoms with Gasteiger partial charge in [0.25, 0.3) is 0 Å². The van der Waals surface area contributed by atoms with Gasteiger partial charge in [-0.2, -0.15) is 0 Å². The van der Waals surface area contributed by atoms with E-state index in [1.807, 2.05) is 0 Å². The molecule has 7 heavy (non-hydrogen) atoms. The third-order valence-electron chi connectivity index (χ3n) is 0.